The fraction of sp³-hybridized carbons (Fsp3) is 0.350. The van der Waals surface area contributed by atoms with Gasteiger partial charge in [-0.25, -0.2) is 0 Å². The lowest BCUT2D eigenvalue weighted by atomic mass is 10.1. The van der Waals surface area contributed by atoms with Crippen molar-refractivity contribution in [3.63, 3.8) is 0 Å². The Hall–Kier alpha value is -2.85. The molecule has 2 aromatic carbocycles. The summed E-state index contributed by atoms with van der Waals surface area (Å²) in [5.41, 5.74) is -1.27. The number of rotatable bonds is 9. The van der Waals surface area contributed by atoms with Crippen molar-refractivity contribution >= 4 is 23.3 Å². The molecule has 0 saturated heterocycles. The molecule has 7 nitrogen and oxygen atoms in total. The number of carbonyl (C=O) groups is 1. The van der Waals surface area contributed by atoms with Crippen molar-refractivity contribution in [3.8, 4) is 11.5 Å². The molecule has 0 saturated carbocycles. The minimum absolute atomic E-state index is 0.0131. The molecule has 0 spiro atoms. The van der Waals surface area contributed by atoms with Crippen LogP contribution in [0.2, 0.25) is 5.02 Å². The molecule has 168 valence electrons. The zero-order valence-corrected chi connectivity index (χ0v) is 17.3. The summed E-state index contributed by atoms with van der Waals surface area (Å²) in [6.45, 7) is 4.03. The Bertz CT molecular complexity index is 951. The van der Waals surface area contributed by atoms with Crippen LogP contribution >= 0.6 is 11.6 Å². The topological polar surface area (TPSA) is 87.9 Å². The summed E-state index contributed by atoms with van der Waals surface area (Å²) in [5, 5.41) is 11.0. The molecule has 0 bridgehead atoms. The van der Waals surface area contributed by atoms with Crippen LogP contribution in [0.5, 0.6) is 11.5 Å². The Morgan fingerprint density at radius 2 is 1.94 bits per heavy atom. The molecule has 0 amide bonds. The van der Waals surface area contributed by atoms with Crippen LogP contribution in [-0.4, -0.2) is 30.2 Å². The number of ether oxygens (including phenoxy) is 3. The predicted molar refractivity (Wildman–Crippen MR) is 105 cm³/mol. The van der Waals surface area contributed by atoms with E-state index < -0.39 is 35.2 Å². The van der Waals surface area contributed by atoms with Crippen LogP contribution in [0.3, 0.4) is 0 Å². The summed E-state index contributed by atoms with van der Waals surface area (Å²) in [7, 11) is 0. The quantitative estimate of drug-likeness (QED) is 0.275. The number of benzene rings is 2. The van der Waals surface area contributed by atoms with Gasteiger partial charge in [0, 0.05) is 18.2 Å². The second-order valence-corrected chi connectivity index (χ2v) is 6.84. The lowest BCUT2D eigenvalue weighted by Crippen LogP contribution is -2.21. The van der Waals surface area contributed by atoms with Gasteiger partial charge in [-0.05, 0) is 44.2 Å². The second kappa shape index (κ2) is 10.5. The third kappa shape index (κ3) is 7.11. The lowest BCUT2D eigenvalue weighted by molar-refractivity contribution is -0.385. The van der Waals surface area contributed by atoms with E-state index in [0.29, 0.717) is 12.7 Å². The van der Waals surface area contributed by atoms with Gasteiger partial charge in [-0.2, -0.15) is 13.2 Å². The maximum atomic E-state index is 12.8. The number of alkyl halides is 3. The number of nitro groups is 1. The number of nitro benzene ring substituents is 1. The highest BCUT2D eigenvalue weighted by Crippen LogP contribution is 2.37. The van der Waals surface area contributed by atoms with Crippen LogP contribution in [0.15, 0.2) is 36.4 Å². The van der Waals surface area contributed by atoms with E-state index in [0.717, 1.165) is 18.2 Å². The molecule has 1 unspecified atom stereocenters. The molecule has 0 N–H and O–H groups in total. The molecule has 0 heterocycles. The molecule has 0 aromatic heterocycles. The van der Waals surface area contributed by atoms with Gasteiger partial charge in [-0.3, -0.25) is 14.9 Å². The Balaban J connectivity index is 2.21. The van der Waals surface area contributed by atoms with E-state index in [1.54, 1.807) is 13.8 Å². The summed E-state index contributed by atoms with van der Waals surface area (Å²) < 4.78 is 54.1. The normalized spacial score (nSPS) is 12.3. The van der Waals surface area contributed by atoms with E-state index in [4.69, 9.17) is 25.8 Å². The van der Waals surface area contributed by atoms with Gasteiger partial charge in [0.25, 0.3) is 5.69 Å². The average Bonchev–Trinajstić information content (AvgIpc) is 2.67. The standard InChI is InChI=1S/C20H19ClF3NO6/c1-3-29-11-12(2)30-19(26)9-13-8-15(5-6-17(13)25(27)28)31-18-7-4-14(10-16(18)21)20(22,23)24/h4-8,10,12H,3,9,11H2,1-2H3. The number of hydrogen-bond acceptors (Lipinski definition) is 6. The van der Waals surface area contributed by atoms with E-state index in [-0.39, 0.29) is 34.4 Å². The van der Waals surface area contributed by atoms with Crippen molar-refractivity contribution in [1.82, 2.24) is 0 Å². The van der Waals surface area contributed by atoms with Crippen molar-refractivity contribution in [3.05, 3.63) is 62.7 Å². The highest BCUT2D eigenvalue weighted by atomic mass is 35.5. The number of esters is 1. The highest BCUT2D eigenvalue weighted by molar-refractivity contribution is 6.32. The number of hydrogen-bond donors (Lipinski definition) is 0. The average molecular weight is 462 g/mol. The fourth-order valence-electron chi connectivity index (χ4n) is 2.57. The van der Waals surface area contributed by atoms with E-state index in [1.807, 2.05) is 0 Å². The Morgan fingerprint density at radius 1 is 1.23 bits per heavy atom. The third-order valence-corrected chi connectivity index (χ3v) is 4.25. The van der Waals surface area contributed by atoms with Gasteiger partial charge in [0.15, 0.2) is 0 Å². The maximum Gasteiger partial charge on any atom is 0.416 e. The van der Waals surface area contributed by atoms with Crippen LogP contribution < -0.4 is 4.74 Å². The molecule has 31 heavy (non-hydrogen) atoms. The van der Waals surface area contributed by atoms with Gasteiger partial charge < -0.3 is 14.2 Å². The molecule has 2 rings (SSSR count). The number of halogens is 4. The van der Waals surface area contributed by atoms with Crippen molar-refractivity contribution in [1.29, 1.82) is 0 Å². The van der Waals surface area contributed by atoms with Gasteiger partial charge in [-0.1, -0.05) is 11.6 Å². The molecular formula is C20H19ClF3NO6. The lowest BCUT2D eigenvalue weighted by Gasteiger charge is -2.14. The van der Waals surface area contributed by atoms with Crippen molar-refractivity contribution in [2.45, 2.75) is 32.5 Å². The summed E-state index contributed by atoms with van der Waals surface area (Å²) in [4.78, 5) is 22.8. The first-order chi connectivity index (χ1) is 14.5. The molecule has 0 fully saturated rings. The van der Waals surface area contributed by atoms with Crippen molar-refractivity contribution < 1.29 is 37.1 Å². The largest absolute Gasteiger partial charge is 0.460 e. The van der Waals surface area contributed by atoms with E-state index in [1.165, 1.54) is 12.1 Å². The molecule has 0 aliphatic carbocycles. The number of carbonyl (C=O) groups excluding carboxylic acids is 1. The van der Waals surface area contributed by atoms with Crippen LogP contribution in [0.4, 0.5) is 18.9 Å². The minimum atomic E-state index is -4.57. The smallest absolute Gasteiger partial charge is 0.416 e. The minimum Gasteiger partial charge on any atom is -0.460 e. The molecule has 0 radical (unpaired) electrons. The van der Waals surface area contributed by atoms with E-state index >= 15 is 0 Å². The molecule has 11 heteroatoms. The van der Waals surface area contributed by atoms with Gasteiger partial charge in [0.05, 0.1) is 28.5 Å². The zero-order chi connectivity index (χ0) is 23.2. The van der Waals surface area contributed by atoms with Gasteiger partial charge in [0.1, 0.15) is 17.6 Å². The Kier molecular flexibility index (Phi) is 8.23. The van der Waals surface area contributed by atoms with Gasteiger partial charge >= 0.3 is 12.1 Å². The van der Waals surface area contributed by atoms with Crippen LogP contribution in [0.25, 0.3) is 0 Å². The van der Waals surface area contributed by atoms with E-state index in [2.05, 4.69) is 0 Å². The van der Waals surface area contributed by atoms with Gasteiger partial charge in [0.2, 0.25) is 0 Å². The maximum absolute atomic E-state index is 12.8. The van der Waals surface area contributed by atoms with Crippen molar-refractivity contribution in [2.24, 2.45) is 0 Å². The van der Waals surface area contributed by atoms with Crippen LogP contribution in [-0.2, 0) is 26.9 Å². The van der Waals surface area contributed by atoms with Crippen molar-refractivity contribution in [2.75, 3.05) is 13.2 Å². The van der Waals surface area contributed by atoms with Gasteiger partial charge in [-0.15, -0.1) is 0 Å². The molecular weight excluding hydrogens is 443 g/mol. The summed E-state index contributed by atoms with van der Waals surface area (Å²) >= 11 is 5.87. The monoisotopic (exact) mass is 461 g/mol. The highest BCUT2D eigenvalue weighted by Gasteiger charge is 2.31. The molecule has 0 aliphatic heterocycles. The predicted octanol–water partition coefficient (Wildman–Crippen LogP) is 5.57. The molecule has 2 aromatic rings. The first-order valence-electron chi connectivity index (χ1n) is 9.10. The Morgan fingerprint density at radius 3 is 2.52 bits per heavy atom. The third-order valence-electron chi connectivity index (χ3n) is 3.96. The summed E-state index contributed by atoms with van der Waals surface area (Å²) in [5.74, 6) is -0.736. The number of nitrogens with zero attached hydrogens (tertiary/aromatic N) is 1. The zero-order valence-electron chi connectivity index (χ0n) is 16.6. The molecule has 0 aliphatic rings. The SMILES string of the molecule is CCOCC(C)OC(=O)Cc1cc(Oc2ccc(C(F)(F)F)cc2Cl)ccc1[N+](=O)[O-]. The fourth-order valence-corrected chi connectivity index (χ4v) is 2.79. The summed E-state index contributed by atoms with van der Waals surface area (Å²) in [6.07, 6.45) is -5.52. The Labute approximate surface area is 180 Å². The second-order valence-electron chi connectivity index (χ2n) is 6.43. The first-order valence-corrected chi connectivity index (χ1v) is 9.48. The summed E-state index contributed by atoms with van der Waals surface area (Å²) in [6, 6.07) is 6.15. The molecule has 1 atom stereocenters. The van der Waals surface area contributed by atoms with Crippen LogP contribution in [0, 0.1) is 10.1 Å². The van der Waals surface area contributed by atoms with Crippen LogP contribution in [0.1, 0.15) is 25.0 Å². The van der Waals surface area contributed by atoms with E-state index in [9.17, 15) is 28.1 Å². The first kappa shape index (κ1) is 24.4.